The van der Waals surface area contributed by atoms with Crippen LogP contribution in [0.4, 0.5) is 5.69 Å². The SMILES string of the molecule is CCNC(=NCC(=O)Nc1cccnc1)NC(C)Cc1c(C)nn(C)c1C.I. The van der Waals surface area contributed by atoms with Crippen LogP contribution in [0.25, 0.3) is 0 Å². The Hall–Kier alpha value is -2.17. The van der Waals surface area contributed by atoms with Gasteiger partial charge in [-0.3, -0.25) is 14.5 Å². The molecule has 2 aromatic heterocycles. The zero-order valence-corrected chi connectivity index (χ0v) is 19.4. The molecular formula is C19H30IN7O. The summed E-state index contributed by atoms with van der Waals surface area (Å²) < 4.78 is 1.90. The molecule has 0 saturated heterocycles. The Kier molecular flexibility index (Phi) is 9.91. The highest BCUT2D eigenvalue weighted by molar-refractivity contribution is 14.0. The first-order valence-corrected chi connectivity index (χ1v) is 9.14. The lowest BCUT2D eigenvalue weighted by molar-refractivity contribution is -0.114. The van der Waals surface area contributed by atoms with Gasteiger partial charge in [0.05, 0.1) is 17.6 Å². The summed E-state index contributed by atoms with van der Waals surface area (Å²) in [5, 5.41) is 13.8. The number of carbonyl (C=O) groups excluding carboxylic acids is 1. The number of guanidine groups is 1. The highest BCUT2D eigenvalue weighted by Gasteiger charge is 2.14. The van der Waals surface area contributed by atoms with Crippen LogP contribution in [0.1, 0.15) is 30.8 Å². The number of aromatic nitrogens is 3. The number of pyridine rings is 1. The summed E-state index contributed by atoms with van der Waals surface area (Å²) in [6.07, 6.45) is 4.09. The van der Waals surface area contributed by atoms with Crippen molar-refractivity contribution in [2.24, 2.45) is 12.0 Å². The molecule has 28 heavy (non-hydrogen) atoms. The molecule has 0 aliphatic heterocycles. The standard InChI is InChI=1S/C19H29N7O.HI/c1-6-21-19(22-12-18(27)24-16-8-7-9-20-11-16)23-13(2)10-17-14(3)25-26(5)15(17)4;/h7-9,11,13H,6,10,12H2,1-5H3,(H,24,27)(H2,21,22,23);1H. The van der Waals surface area contributed by atoms with E-state index >= 15 is 0 Å². The molecule has 0 aliphatic rings. The average molecular weight is 499 g/mol. The van der Waals surface area contributed by atoms with Crippen LogP contribution in [0.2, 0.25) is 0 Å². The van der Waals surface area contributed by atoms with E-state index in [9.17, 15) is 4.79 Å². The molecule has 0 radical (unpaired) electrons. The minimum atomic E-state index is -0.188. The number of amides is 1. The number of aliphatic imine (C=N–C) groups is 1. The Labute approximate surface area is 183 Å². The van der Waals surface area contributed by atoms with E-state index in [1.165, 1.54) is 11.3 Å². The van der Waals surface area contributed by atoms with Crippen LogP contribution in [0, 0.1) is 13.8 Å². The summed E-state index contributed by atoms with van der Waals surface area (Å²) in [5.74, 6) is 0.428. The lowest BCUT2D eigenvalue weighted by atomic mass is 10.1. The fraction of sp³-hybridized carbons (Fsp3) is 0.474. The Morgan fingerprint density at radius 1 is 1.36 bits per heavy atom. The second-order valence-corrected chi connectivity index (χ2v) is 6.51. The number of aryl methyl sites for hydroxylation is 2. The smallest absolute Gasteiger partial charge is 0.246 e. The largest absolute Gasteiger partial charge is 0.357 e. The van der Waals surface area contributed by atoms with Crippen LogP contribution in [0.15, 0.2) is 29.5 Å². The Bertz CT molecular complexity index is 789. The third kappa shape index (κ3) is 7.10. The van der Waals surface area contributed by atoms with E-state index in [0.717, 1.165) is 12.1 Å². The highest BCUT2D eigenvalue weighted by Crippen LogP contribution is 2.14. The molecule has 1 atom stereocenters. The molecule has 8 nitrogen and oxygen atoms in total. The number of nitrogens with zero attached hydrogens (tertiary/aromatic N) is 4. The van der Waals surface area contributed by atoms with Gasteiger partial charge in [0.25, 0.3) is 0 Å². The van der Waals surface area contributed by atoms with Gasteiger partial charge in [0, 0.05) is 31.5 Å². The lowest BCUT2D eigenvalue weighted by Crippen LogP contribution is -2.43. The third-order valence-electron chi connectivity index (χ3n) is 4.22. The van der Waals surface area contributed by atoms with E-state index in [1.54, 1.807) is 24.5 Å². The van der Waals surface area contributed by atoms with Crippen molar-refractivity contribution < 1.29 is 4.79 Å². The molecule has 0 bridgehead atoms. The van der Waals surface area contributed by atoms with Crippen molar-refractivity contribution in [3.8, 4) is 0 Å². The lowest BCUT2D eigenvalue weighted by Gasteiger charge is -2.18. The fourth-order valence-corrected chi connectivity index (χ4v) is 2.81. The maximum absolute atomic E-state index is 12.1. The Morgan fingerprint density at radius 2 is 2.11 bits per heavy atom. The molecule has 0 aliphatic carbocycles. The molecule has 0 aromatic carbocycles. The fourth-order valence-electron chi connectivity index (χ4n) is 2.81. The van der Waals surface area contributed by atoms with E-state index in [0.29, 0.717) is 18.2 Å². The summed E-state index contributed by atoms with van der Waals surface area (Å²) >= 11 is 0. The van der Waals surface area contributed by atoms with Crippen molar-refractivity contribution in [2.45, 2.75) is 40.2 Å². The number of rotatable bonds is 7. The van der Waals surface area contributed by atoms with Crippen molar-refractivity contribution in [3.63, 3.8) is 0 Å². The molecule has 0 saturated carbocycles. The van der Waals surface area contributed by atoms with Crippen molar-refractivity contribution in [3.05, 3.63) is 41.5 Å². The zero-order chi connectivity index (χ0) is 19.8. The van der Waals surface area contributed by atoms with Gasteiger partial charge in [0.1, 0.15) is 6.54 Å². The van der Waals surface area contributed by atoms with Gasteiger partial charge in [-0.15, -0.1) is 24.0 Å². The van der Waals surface area contributed by atoms with Gasteiger partial charge in [-0.1, -0.05) is 0 Å². The second kappa shape index (κ2) is 11.6. The minimum Gasteiger partial charge on any atom is -0.357 e. The van der Waals surface area contributed by atoms with Gasteiger partial charge in [0.15, 0.2) is 5.96 Å². The van der Waals surface area contributed by atoms with E-state index in [1.807, 2.05) is 25.6 Å². The maximum atomic E-state index is 12.1. The minimum absolute atomic E-state index is 0. The number of hydrogen-bond acceptors (Lipinski definition) is 4. The van der Waals surface area contributed by atoms with Gasteiger partial charge >= 0.3 is 0 Å². The van der Waals surface area contributed by atoms with E-state index in [4.69, 9.17) is 0 Å². The second-order valence-electron chi connectivity index (χ2n) is 6.51. The number of nitrogens with one attached hydrogen (secondary N) is 3. The van der Waals surface area contributed by atoms with E-state index < -0.39 is 0 Å². The monoisotopic (exact) mass is 499 g/mol. The highest BCUT2D eigenvalue weighted by atomic mass is 127. The topological polar surface area (TPSA) is 96.2 Å². The molecule has 3 N–H and O–H groups in total. The molecule has 1 unspecified atom stereocenters. The average Bonchev–Trinajstić information content (AvgIpc) is 2.87. The van der Waals surface area contributed by atoms with Gasteiger partial charge in [-0.25, -0.2) is 4.99 Å². The van der Waals surface area contributed by atoms with Crippen LogP contribution in [-0.4, -0.2) is 45.8 Å². The molecule has 0 fully saturated rings. The van der Waals surface area contributed by atoms with Gasteiger partial charge in [-0.05, 0) is 51.8 Å². The molecule has 2 aromatic rings. The Morgan fingerprint density at radius 3 is 2.68 bits per heavy atom. The molecular weight excluding hydrogens is 469 g/mol. The number of hydrogen-bond donors (Lipinski definition) is 3. The molecule has 1 amide bonds. The summed E-state index contributed by atoms with van der Waals surface area (Å²) in [6.45, 7) is 8.93. The van der Waals surface area contributed by atoms with Crippen LogP contribution in [0.3, 0.4) is 0 Å². The summed E-state index contributed by atoms with van der Waals surface area (Å²) in [7, 11) is 1.95. The number of carbonyl (C=O) groups is 1. The first-order valence-electron chi connectivity index (χ1n) is 9.14. The first kappa shape index (κ1) is 23.9. The molecule has 0 spiro atoms. The van der Waals surface area contributed by atoms with Crippen molar-refractivity contribution >= 4 is 41.5 Å². The van der Waals surface area contributed by atoms with Gasteiger partial charge < -0.3 is 16.0 Å². The molecule has 154 valence electrons. The number of halogens is 1. The maximum Gasteiger partial charge on any atom is 0.246 e. The summed E-state index contributed by atoms with van der Waals surface area (Å²) in [5.41, 5.74) is 4.11. The van der Waals surface area contributed by atoms with Crippen molar-refractivity contribution in [1.29, 1.82) is 0 Å². The van der Waals surface area contributed by atoms with E-state index in [2.05, 4.69) is 44.9 Å². The van der Waals surface area contributed by atoms with Gasteiger partial charge in [0.2, 0.25) is 5.91 Å². The summed E-state index contributed by atoms with van der Waals surface area (Å²) in [4.78, 5) is 20.4. The molecule has 2 rings (SSSR count). The normalized spacial score (nSPS) is 12.1. The van der Waals surface area contributed by atoms with Crippen LogP contribution in [-0.2, 0) is 18.3 Å². The summed E-state index contributed by atoms with van der Waals surface area (Å²) in [6, 6.07) is 3.71. The first-order chi connectivity index (χ1) is 12.9. The van der Waals surface area contributed by atoms with Crippen molar-refractivity contribution in [1.82, 2.24) is 25.4 Å². The van der Waals surface area contributed by atoms with Crippen LogP contribution < -0.4 is 16.0 Å². The Balaban J connectivity index is 0.00000392. The molecule has 2 heterocycles. The predicted molar refractivity (Wildman–Crippen MR) is 123 cm³/mol. The predicted octanol–water partition coefficient (Wildman–Crippen LogP) is 2.17. The van der Waals surface area contributed by atoms with Crippen LogP contribution in [0.5, 0.6) is 0 Å². The number of anilines is 1. The molecule has 9 heteroatoms. The zero-order valence-electron chi connectivity index (χ0n) is 17.1. The van der Waals surface area contributed by atoms with Crippen LogP contribution >= 0.6 is 24.0 Å². The van der Waals surface area contributed by atoms with E-state index in [-0.39, 0.29) is 42.5 Å². The quantitative estimate of drug-likeness (QED) is 0.309. The third-order valence-corrected chi connectivity index (χ3v) is 4.22. The van der Waals surface area contributed by atoms with Crippen molar-refractivity contribution in [2.75, 3.05) is 18.4 Å². The van der Waals surface area contributed by atoms with Gasteiger partial charge in [-0.2, -0.15) is 5.10 Å².